The second-order valence-corrected chi connectivity index (χ2v) is 8.76. The Hall–Kier alpha value is -2.75. The third-order valence-electron chi connectivity index (χ3n) is 4.66. The van der Waals surface area contributed by atoms with Crippen molar-refractivity contribution in [2.24, 2.45) is 0 Å². The van der Waals surface area contributed by atoms with Crippen LogP contribution >= 0.6 is 35.0 Å². The van der Waals surface area contributed by atoms with E-state index in [9.17, 15) is 9.59 Å². The molecule has 0 saturated carbocycles. The molecule has 1 aromatic heterocycles. The normalized spacial score (nSPS) is 11.7. The van der Waals surface area contributed by atoms with Crippen LogP contribution in [0.15, 0.2) is 47.6 Å². The van der Waals surface area contributed by atoms with Gasteiger partial charge in [-0.2, -0.15) is 0 Å². The monoisotopic (exact) mass is 507 g/mol. The molecule has 2 N–H and O–H groups in total. The molecule has 3 rings (SSSR count). The van der Waals surface area contributed by atoms with Gasteiger partial charge in [0.2, 0.25) is 5.91 Å². The van der Waals surface area contributed by atoms with E-state index in [-0.39, 0.29) is 22.6 Å². The Morgan fingerprint density at radius 3 is 2.67 bits per heavy atom. The molecule has 33 heavy (non-hydrogen) atoms. The molecule has 0 aliphatic rings. The number of methoxy groups -OCH3 is 1. The minimum atomic E-state index is -0.434. The van der Waals surface area contributed by atoms with E-state index in [2.05, 4.69) is 20.8 Å². The van der Waals surface area contributed by atoms with Crippen LogP contribution in [0.25, 0.3) is 0 Å². The Bertz CT molecular complexity index is 1150. The molecular formula is C22H23Cl2N5O3S. The molecule has 0 fully saturated rings. The summed E-state index contributed by atoms with van der Waals surface area (Å²) in [4.78, 5) is 25.0. The van der Waals surface area contributed by atoms with Crippen molar-refractivity contribution in [1.29, 1.82) is 0 Å². The lowest BCUT2D eigenvalue weighted by atomic mass is 10.2. The Kier molecular flexibility index (Phi) is 8.60. The number of benzene rings is 2. The number of hydrogen-bond donors (Lipinski definition) is 2. The predicted octanol–water partition coefficient (Wildman–Crippen LogP) is 4.84. The molecule has 1 atom stereocenters. The Morgan fingerprint density at radius 2 is 1.97 bits per heavy atom. The molecule has 0 bridgehead atoms. The highest BCUT2D eigenvalue weighted by molar-refractivity contribution is 7.99. The summed E-state index contributed by atoms with van der Waals surface area (Å²) >= 11 is 13.3. The maximum absolute atomic E-state index is 12.6. The van der Waals surface area contributed by atoms with Crippen LogP contribution in [-0.4, -0.2) is 39.4 Å². The molecule has 0 saturated heterocycles. The first-order valence-electron chi connectivity index (χ1n) is 10.1. The predicted molar refractivity (Wildman–Crippen MR) is 130 cm³/mol. The van der Waals surface area contributed by atoms with Crippen LogP contribution in [0.5, 0.6) is 5.75 Å². The second kappa shape index (κ2) is 11.4. The van der Waals surface area contributed by atoms with Crippen LogP contribution in [-0.2, 0) is 11.3 Å². The van der Waals surface area contributed by atoms with E-state index in [1.807, 2.05) is 18.4 Å². The van der Waals surface area contributed by atoms with E-state index in [1.54, 1.807) is 43.5 Å². The van der Waals surface area contributed by atoms with Crippen molar-refractivity contribution in [3.8, 4) is 5.75 Å². The topological polar surface area (TPSA) is 98.1 Å². The first-order valence-corrected chi connectivity index (χ1v) is 11.8. The molecule has 0 radical (unpaired) electrons. The first-order chi connectivity index (χ1) is 15.8. The number of thioether (sulfide) groups is 1. The molecule has 2 amide bonds. The fraction of sp³-hybridized carbons (Fsp3) is 0.273. The lowest BCUT2D eigenvalue weighted by Gasteiger charge is -2.15. The summed E-state index contributed by atoms with van der Waals surface area (Å²) < 4.78 is 7.03. The van der Waals surface area contributed by atoms with E-state index in [4.69, 9.17) is 27.9 Å². The third-order valence-corrected chi connectivity index (χ3v) is 6.17. The number of ether oxygens (including phenoxy) is 1. The SMILES string of the molecule is CCn1c(SCC(=O)Nc2cccc(OC)c2)nnc1[C@H](C)NC(=O)c1ccc(Cl)cc1Cl. The Balaban J connectivity index is 1.63. The van der Waals surface area contributed by atoms with Crippen LogP contribution in [0.3, 0.4) is 0 Å². The number of nitrogens with one attached hydrogen (secondary N) is 2. The first kappa shape index (κ1) is 24.9. The maximum Gasteiger partial charge on any atom is 0.253 e. The number of nitrogens with zero attached hydrogens (tertiary/aromatic N) is 3. The largest absolute Gasteiger partial charge is 0.497 e. The van der Waals surface area contributed by atoms with Crippen LogP contribution in [0, 0.1) is 0 Å². The zero-order valence-electron chi connectivity index (χ0n) is 18.3. The highest BCUT2D eigenvalue weighted by Gasteiger charge is 2.21. The van der Waals surface area contributed by atoms with Crippen molar-refractivity contribution in [2.45, 2.75) is 31.6 Å². The number of halogens is 2. The number of aromatic nitrogens is 3. The molecule has 3 aromatic rings. The fourth-order valence-electron chi connectivity index (χ4n) is 3.06. The fourth-order valence-corrected chi connectivity index (χ4v) is 4.37. The van der Waals surface area contributed by atoms with Crippen LogP contribution < -0.4 is 15.4 Å². The Labute approximate surface area is 206 Å². The van der Waals surface area contributed by atoms with Gasteiger partial charge in [0.05, 0.1) is 29.5 Å². The molecule has 2 aromatic carbocycles. The van der Waals surface area contributed by atoms with Crippen molar-refractivity contribution < 1.29 is 14.3 Å². The second-order valence-electron chi connectivity index (χ2n) is 6.97. The summed E-state index contributed by atoms with van der Waals surface area (Å²) in [6, 6.07) is 11.4. The van der Waals surface area contributed by atoms with Crippen molar-refractivity contribution >= 4 is 52.5 Å². The lowest BCUT2D eigenvalue weighted by molar-refractivity contribution is -0.113. The van der Waals surface area contributed by atoms with E-state index < -0.39 is 6.04 Å². The van der Waals surface area contributed by atoms with Gasteiger partial charge < -0.3 is 19.9 Å². The van der Waals surface area contributed by atoms with Gasteiger partial charge in [0.25, 0.3) is 5.91 Å². The highest BCUT2D eigenvalue weighted by atomic mass is 35.5. The summed E-state index contributed by atoms with van der Waals surface area (Å²) in [6.07, 6.45) is 0. The molecule has 0 unspecified atom stereocenters. The van der Waals surface area contributed by atoms with Gasteiger partial charge in [-0.3, -0.25) is 9.59 Å². The molecule has 0 spiro atoms. The van der Waals surface area contributed by atoms with Gasteiger partial charge >= 0.3 is 0 Å². The van der Waals surface area contributed by atoms with E-state index in [1.165, 1.54) is 17.8 Å². The molecule has 11 heteroatoms. The van der Waals surface area contributed by atoms with Crippen molar-refractivity contribution in [1.82, 2.24) is 20.1 Å². The van der Waals surface area contributed by atoms with Crippen LogP contribution in [0.4, 0.5) is 5.69 Å². The molecule has 8 nitrogen and oxygen atoms in total. The minimum absolute atomic E-state index is 0.149. The lowest BCUT2D eigenvalue weighted by Crippen LogP contribution is -2.29. The van der Waals surface area contributed by atoms with E-state index >= 15 is 0 Å². The van der Waals surface area contributed by atoms with Crippen LogP contribution in [0.2, 0.25) is 10.0 Å². The van der Waals surface area contributed by atoms with Crippen LogP contribution in [0.1, 0.15) is 36.1 Å². The van der Waals surface area contributed by atoms with Gasteiger partial charge in [0, 0.05) is 23.3 Å². The van der Waals surface area contributed by atoms with Crippen molar-refractivity contribution in [3.05, 3.63) is 63.9 Å². The average Bonchev–Trinajstić information content (AvgIpc) is 3.20. The molecule has 0 aliphatic carbocycles. The summed E-state index contributed by atoms with van der Waals surface area (Å²) in [5.74, 6) is 0.857. The summed E-state index contributed by atoms with van der Waals surface area (Å²) in [7, 11) is 1.57. The standard InChI is InChI=1S/C22H23Cl2N5O3S/c1-4-29-20(13(2)25-21(31)17-9-8-14(23)10-18(17)24)27-28-22(29)33-12-19(30)26-15-6-5-7-16(11-15)32-3/h5-11,13H,4,12H2,1-3H3,(H,25,31)(H,26,30)/t13-/m0/s1. The number of hydrogen-bond acceptors (Lipinski definition) is 6. The number of amides is 2. The van der Waals surface area contributed by atoms with Crippen molar-refractivity contribution in [3.63, 3.8) is 0 Å². The number of rotatable bonds is 9. The maximum atomic E-state index is 12.6. The van der Waals surface area contributed by atoms with Gasteiger partial charge in [-0.1, -0.05) is 41.0 Å². The summed E-state index contributed by atoms with van der Waals surface area (Å²) in [6.45, 7) is 4.32. The molecular weight excluding hydrogens is 485 g/mol. The molecule has 1 heterocycles. The van der Waals surface area contributed by atoms with E-state index in [0.717, 1.165) is 0 Å². The van der Waals surface area contributed by atoms with Gasteiger partial charge in [-0.15, -0.1) is 10.2 Å². The van der Waals surface area contributed by atoms with Gasteiger partial charge in [0.15, 0.2) is 11.0 Å². The zero-order valence-corrected chi connectivity index (χ0v) is 20.6. The average molecular weight is 508 g/mol. The number of carbonyl (C=O) groups is 2. The summed E-state index contributed by atoms with van der Waals surface area (Å²) in [5, 5.41) is 15.4. The number of carbonyl (C=O) groups excluding carboxylic acids is 2. The van der Waals surface area contributed by atoms with Crippen molar-refractivity contribution in [2.75, 3.05) is 18.2 Å². The van der Waals surface area contributed by atoms with Gasteiger partial charge in [-0.05, 0) is 44.2 Å². The highest BCUT2D eigenvalue weighted by Crippen LogP contribution is 2.24. The van der Waals surface area contributed by atoms with Gasteiger partial charge in [-0.25, -0.2) is 0 Å². The summed E-state index contributed by atoms with van der Waals surface area (Å²) in [5.41, 5.74) is 0.967. The molecule has 0 aliphatic heterocycles. The third kappa shape index (κ3) is 6.40. The minimum Gasteiger partial charge on any atom is -0.497 e. The zero-order chi connectivity index (χ0) is 24.0. The number of anilines is 1. The van der Waals surface area contributed by atoms with Gasteiger partial charge in [0.1, 0.15) is 5.75 Å². The van der Waals surface area contributed by atoms with E-state index in [0.29, 0.717) is 39.5 Å². The molecule has 174 valence electrons. The quantitative estimate of drug-likeness (QED) is 0.402. The smallest absolute Gasteiger partial charge is 0.253 e. The Morgan fingerprint density at radius 1 is 1.18 bits per heavy atom.